The van der Waals surface area contributed by atoms with E-state index in [-0.39, 0.29) is 30.3 Å². The summed E-state index contributed by atoms with van der Waals surface area (Å²) in [5, 5.41) is 6.22. The highest BCUT2D eigenvalue weighted by Crippen LogP contribution is 2.33. The van der Waals surface area contributed by atoms with Crippen molar-refractivity contribution in [2.75, 3.05) is 13.6 Å². The van der Waals surface area contributed by atoms with E-state index < -0.39 is 0 Å². The van der Waals surface area contributed by atoms with Crippen molar-refractivity contribution in [3.05, 3.63) is 59.4 Å². The molecule has 0 saturated heterocycles. The van der Waals surface area contributed by atoms with Crippen LogP contribution in [0.3, 0.4) is 0 Å². The highest BCUT2D eigenvalue weighted by molar-refractivity contribution is 6.02. The molecule has 0 saturated carbocycles. The Balaban J connectivity index is 1.89. The van der Waals surface area contributed by atoms with Crippen LogP contribution in [0.1, 0.15) is 43.1 Å². The van der Waals surface area contributed by atoms with E-state index in [1.165, 1.54) is 10.5 Å². The van der Waals surface area contributed by atoms with Gasteiger partial charge in [-0.2, -0.15) is 5.10 Å². The zero-order valence-corrected chi connectivity index (χ0v) is 17.2. The smallest absolute Gasteiger partial charge is 0.262 e. The molecule has 0 radical (unpaired) electrons. The van der Waals surface area contributed by atoms with Gasteiger partial charge in [-0.15, -0.1) is 0 Å². The number of rotatable bonds is 5. The molecule has 0 fully saturated rings. The van der Waals surface area contributed by atoms with E-state index in [0.717, 1.165) is 17.0 Å². The van der Waals surface area contributed by atoms with Crippen LogP contribution in [0.5, 0.6) is 0 Å². The van der Waals surface area contributed by atoms with Crippen LogP contribution in [0, 0.1) is 12.8 Å². The molecule has 2 amide bonds. The lowest BCUT2D eigenvalue weighted by Crippen LogP contribution is -2.40. The van der Waals surface area contributed by atoms with Crippen LogP contribution in [0.4, 0.5) is 0 Å². The molecule has 3 rings (SSSR count). The molecular formula is C22H28N4O2. The first-order valence-electron chi connectivity index (χ1n) is 9.60. The van der Waals surface area contributed by atoms with E-state index in [0.29, 0.717) is 6.42 Å². The number of nitrogens with zero attached hydrogens (tertiary/aromatic N) is 4. The molecule has 1 aromatic heterocycles. The Hall–Kier alpha value is -2.89. The zero-order valence-electron chi connectivity index (χ0n) is 17.2. The van der Waals surface area contributed by atoms with Gasteiger partial charge < -0.3 is 9.47 Å². The van der Waals surface area contributed by atoms with E-state index >= 15 is 0 Å². The van der Waals surface area contributed by atoms with E-state index in [4.69, 9.17) is 0 Å². The van der Waals surface area contributed by atoms with Crippen molar-refractivity contribution >= 4 is 17.5 Å². The fourth-order valence-corrected chi connectivity index (χ4v) is 3.50. The molecule has 2 heterocycles. The third-order valence-corrected chi connectivity index (χ3v) is 5.11. The van der Waals surface area contributed by atoms with Gasteiger partial charge in [0.1, 0.15) is 6.54 Å². The van der Waals surface area contributed by atoms with E-state index in [2.05, 4.69) is 5.10 Å². The third kappa shape index (κ3) is 4.01. The quantitative estimate of drug-likeness (QED) is 0.800. The van der Waals surface area contributed by atoms with Gasteiger partial charge in [0.25, 0.3) is 5.91 Å². The van der Waals surface area contributed by atoms with E-state index in [1.807, 2.05) is 75.0 Å². The van der Waals surface area contributed by atoms with Crippen LogP contribution in [0.15, 0.2) is 47.7 Å². The number of likely N-dealkylation sites (N-methyl/N-ethyl adjacent to an activating group) is 1. The minimum atomic E-state index is -0.175. The molecule has 1 aromatic carbocycles. The Morgan fingerprint density at radius 3 is 2.46 bits per heavy atom. The maximum atomic E-state index is 13.1. The molecule has 6 nitrogen and oxygen atoms in total. The van der Waals surface area contributed by atoms with Gasteiger partial charge in [-0.25, -0.2) is 5.01 Å². The molecule has 28 heavy (non-hydrogen) atoms. The Bertz CT molecular complexity index is 896. The van der Waals surface area contributed by atoms with Crippen LogP contribution in [0.2, 0.25) is 0 Å². The topological polar surface area (TPSA) is 57.9 Å². The molecule has 1 aliphatic rings. The molecular weight excluding hydrogens is 352 g/mol. The van der Waals surface area contributed by atoms with Crippen LogP contribution in [0.25, 0.3) is 0 Å². The first kappa shape index (κ1) is 19.9. The number of amides is 2. The fraction of sp³-hybridized carbons (Fsp3) is 0.409. The number of hydrogen-bond donors (Lipinski definition) is 0. The summed E-state index contributed by atoms with van der Waals surface area (Å²) >= 11 is 0. The maximum absolute atomic E-state index is 13.1. The van der Waals surface area contributed by atoms with Gasteiger partial charge in [0.15, 0.2) is 0 Å². The van der Waals surface area contributed by atoms with Gasteiger partial charge in [-0.3, -0.25) is 9.59 Å². The fourth-order valence-electron chi connectivity index (χ4n) is 3.50. The van der Waals surface area contributed by atoms with Gasteiger partial charge in [0, 0.05) is 32.6 Å². The molecule has 148 valence electrons. The Morgan fingerprint density at radius 1 is 1.21 bits per heavy atom. The lowest BCUT2D eigenvalue weighted by atomic mass is 9.99. The molecule has 0 bridgehead atoms. The SMILES string of the molecule is Cc1ccc(C2CC(c3cccn3C)=NN2C(=O)CN(C)C(=O)C(C)C)cc1. The van der Waals surface area contributed by atoms with Crippen molar-refractivity contribution < 1.29 is 9.59 Å². The van der Waals surface area contributed by atoms with E-state index in [9.17, 15) is 9.59 Å². The zero-order chi connectivity index (χ0) is 20.4. The van der Waals surface area contributed by atoms with Crippen LogP contribution < -0.4 is 0 Å². The maximum Gasteiger partial charge on any atom is 0.262 e. The number of hydrogen-bond acceptors (Lipinski definition) is 3. The lowest BCUT2D eigenvalue weighted by Gasteiger charge is -2.25. The van der Waals surface area contributed by atoms with Crippen molar-refractivity contribution in [2.24, 2.45) is 18.1 Å². The van der Waals surface area contributed by atoms with Crippen LogP contribution in [-0.2, 0) is 16.6 Å². The monoisotopic (exact) mass is 380 g/mol. The number of benzene rings is 1. The summed E-state index contributed by atoms with van der Waals surface area (Å²) in [4.78, 5) is 26.7. The Morgan fingerprint density at radius 2 is 1.89 bits per heavy atom. The summed E-state index contributed by atoms with van der Waals surface area (Å²) in [6.45, 7) is 5.73. The van der Waals surface area contributed by atoms with Crippen LogP contribution in [-0.4, -0.2) is 45.6 Å². The molecule has 1 aliphatic heterocycles. The minimum absolute atomic E-state index is 0.0172. The van der Waals surface area contributed by atoms with Gasteiger partial charge in [-0.05, 0) is 24.6 Å². The average Bonchev–Trinajstić information content (AvgIpc) is 3.27. The van der Waals surface area contributed by atoms with Crippen molar-refractivity contribution in [3.63, 3.8) is 0 Å². The second-order valence-corrected chi connectivity index (χ2v) is 7.77. The van der Waals surface area contributed by atoms with Crippen LogP contribution >= 0.6 is 0 Å². The van der Waals surface area contributed by atoms with Crippen molar-refractivity contribution in [2.45, 2.75) is 33.2 Å². The molecule has 1 atom stereocenters. The highest BCUT2D eigenvalue weighted by Gasteiger charge is 2.34. The first-order chi connectivity index (χ1) is 13.3. The standard InChI is InChI=1S/C22H28N4O2/c1-15(2)22(28)25(5)14-21(27)26-20(17-10-8-16(3)9-11-17)13-18(23-26)19-7-6-12-24(19)4/h6-12,15,20H,13-14H2,1-5H3. The number of aryl methyl sites for hydroxylation is 2. The molecule has 2 aromatic rings. The van der Waals surface area contributed by atoms with Gasteiger partial charge in [-0.1, -0.05) is 43.7 Å². The van der Waals surface area contributed by atoms with Crippen molar-refractivity contribution in [1.82, 2.24) is 14.5 Å². The Kier molecular flexibility index (Phi) is 5.68. The number of carbonyl (C=O) groups excluding carboxylic acids is 2. The third-order valence-electron chi connectivity index (χ3n) is 5.11. The van der Waals surface area contributed by atoms with Gasteiger partial charge >= 0.3 is 0 Å². The second kappa shape index (κ2) is 8.00. The number of hydrazone groups is 1. The predicted molar refractivity (Wildman–Crippen MR) is 110 cm³/mol. The second-order valence-electron chi connectivity index (χ2n) is 7.77. The van der Waals surface area contributed by atoms with Gasteiger partial charge in [0.2, 0.25) is 5.91 Å². The average molecular weight is 380 g/mol. The number of aromatic nitrogens is 1. The molecule has 0 spiro atoms. The molecule has 0 N–H and O–H groups in total. The van der Waals surface area contributed by atoms with Gasteiger partial charge in [0.05, 0.1) is 17.4 Å². The normalized spacial score (nSPS) is 16.4. The summed E-state index contributed by atoms with van der Waals surface area (Å²) in [7, 11) is 3.64. The molecule has 0 aliphatic carbocycles. The largest absolute Gasteiger partial charge is 0.350 e. The summed E-state index contributed by atoms with van der Waals surface area (Å²) in [6.07, 6.45) is 2.62. The lowest BCUT2D eigenvalue weighted by molar-refractivity contribution is -0.142. The Labute approximate surface area is 166 Å². The number of carbonyl (C=O) groups is 2. The predicted octanol–water partition coefficient (Wildman–Crippen LogP) is 3.13. The summed E-state index contributed by atoms with van der Waals surface area (Å²) in [5.74, 6) is -0.371. The first-order valence-corrected chi connectivity index (χ1v) is 9.60. The van der Waals surface area contributed by atoms with E-state index in [1.54, 1.807) is 12.1 Å². The molecule has 1 unspecified atom stereocenters. The highest BCUT2D eigenvalue weighted by atomic mass is 16.2. The van der Waals surface area contributed by atoms with Crippen molar-refractivity contribution in [1.29, 1.82) is 0 Å². The molecule has 6 heteroatoms. The summed E-state index contributed by atoms with van der Waals surface area (Å²) < 4.78 is 2.01. The summed E-state index contributed by atoms with van der Waals surface area (Å²) in [6, 6.07) is 12.0. The summed E-state index contributed by atoms with van der Waals surface area (Å²) in [5.41, 5.74) is 4.10. The minimum Gasteiger partial charge on any atom is -0.350 e. The van der Waals surface area contributed by atoms with Crippen molar-refractivity contribution in [3.8, 4) is 0 Å².